The molecule has 0 bridgehead atoms. The van der Waals surface area contributed by atoms with Gasteiger partial charge in [-0.25, -0.2) is 25.9 Å². The highest BCUT2D eigenvalue weighted by atomic mass is 32.2. The molecule has 0 atom stereocenters. The largest absolute Gasteiger partial charge is 0.493 e. The molecule has 5 nitrogen and oxygen atoms in total. The Morgan fingerprint density at radius 1 is 1.17 bits per heavy atom. The first-order chi connectivity index (χ1) is 13.7. The molecule has 0 unspecified atom stereocenters. The Bertz CT molecular complexity index is 980. The third-order valence-corrected chi connectivity index (χ3v) is 5.78. The van der Waals surface area contributed by atoms with Gasteiger partial charge in [0.1, 0.15) is 29.0 Å². The van der Waals surface area contributed by atoms with E-state index >= 15 is 4.39 Å². The second kappa shape index (κ2) is 9.80. The summed E-state index contributed by atoms with van der Waals surface area (Å²) in [6, 6.07) is 5.97. The normalized spacial score (nSPS) is 11.3. The summed E-state index contributed by atoms with van der Waals surface area (Å²) in [6.45, 7) is 5.35. The maximum atomic E-state index is 15.2. The maximum Gasteiger partial charge on any atom is 0.269 e. The van der Waals surface area contributed by atoms with Crippen LogP contribution < -0.4 is 4.31 Å². The van der Waals surface area contributed by atoms with Gasteiger partial charge in [0.05, 0.1) is 17.9 Å². The third kappa shape index (κ3) is 5.10. The number of benzene rings is 2. The first-order valence-electron chi connectivity index (χ1n) is 8.81. The highest BCUT2D eigenvalue weighted by molar-refractivity contribution is 7.92. The van der Waals surface area contributed by atoms with Crippen LogP contribution in [-0.4, -0.2) is 28.9 Å². The van der Waals surface area contributed by atoms with Crippen LogP contribution in [0.2, 0.25) is 0 Å². The van der Waals surface area contributed by atoms with Crippen LogP contribution in [0.4, 0.5) is 18.9 Å². The molecule has 2 aromatic carbocycles. The molecular weight excluding hydrogens is 407 g/mol. The number of ether oxygens (including phenoxy) is 2. The SMILES string of the molecule is C=C(OCCCC)c1cccc(N(COC)S(=O)(=O)c2cc(F)ccc2F)c1F. The Morgan fingerprint density at radius 3 is 2.55 bits per heavy atom. The standard InChI is InChI=1S/C20H22F3NO4S/c1-4-5-11-28-14(2)16-7-6-8-18(20(16)23)24(13-27-3)29(25,26)19-12-15(21)9-10-17(19)22/h6-10,12H,2,4-5,11,13H2,1,3H3. The highest BCUT2D eigenvalue weighted by Gasteiger charge is 2.31. The molecule has 0 spiro atoms. The molecule has 2 aromatic rings. The molecule has 0 aliphatic rings. The number of hydrogen-bond acceptors (Lipinski definition) is 4. The van der Waals surface area contributed by atoms with Crippen LogP contribution in [0.5, 0.6) is 0 Å². The van der Waals surface area contributed by atoms with Crippen molar-refractivity contribution in [1.29, 1.82) is 0 Å². The van der Waals surface area contributed by atoms with Crippen molar-refractivity contribution in [3.05, 3.63) is 66.0 Å². The average Bonchev–Trinajstić information content (AvgIpc) is 2.68. The number of hydrogen-bond donors (Lipinski definition) is 0. The van der Waals surface area contributed by atoms with Crippen molar-refractivity contribution in [3.63, 3.8) is 0 Å². The molecule has 0 saturated heterocycles. The van der Waals surface area contributed by atoms with E-state index in [1.807, 2.05) is 6.92 Å². The molecule has 29 heavy (non-hydrogen) atoms. The minimum Gasteiger partial charge on any atom is -0.493 e. The van der Waals surface area contributed by atoms with Crippen molar-refractivity contribution in [1.82, 2.24) is 0 Å². The Balaban J connectivity index is 2.52. The smallest absolute Gasteiger partial charge is 0.269 e. The summed E-state index contributed by atoms with van der Waals surface area (Å²) >= 11 is 0. The fourth-order valence-electron chi connectivity index (χ4n) is 2.52. The first kappa shape index (κ1) is 22.8. The molecule has 0 aliphatic carbocycles. The summed E-state index contributed by atoms with van der Waals surface area (Å²) in [6.07, 6.45) is 1.61. The van der Waals surface area contributed by atoms with Crippen LogP contribution in [-0.2, 0) is 19.5 Å². The van der Waals surface area contributed by atoms with Gasteiger partial charge in [-0.2, -0.15) is 0 Å². The molecule has 0 saturated carbocycles. The van der Waals surface area contributed by atoms with E-state index in [9.17, 15) is 17.2 Å². The van der Waals surface area contributed by atoms with Crippen molar-refractivity contribution >= 4 is 21.5 Å². The van der Waals surface area contributed by atoms with Crippen molar-refractivity contribution in [3.8, 4) is 0 Å². The molecule has 2 rings (SSSR count). The lowest BCUT2D eigenvalue weighted by Gasteiger charge is -2.25. The number of methoxy groups -OCH3 is 1. The van der Waals surface area contributed by atoms with Gasteiger partial charge in [0.25, 0.3) is 10.0 Å². The Hall–Kier alpha value is -2.52. The fourth-order valence-corrected chi connectivity index (χ4v) is 3.98. The van der Waals surface area contributed by atoms with E-state index in [2.05, 4.69) is 6.58 Å². The van der Waals surface area contributed by atoms with Gasteiger partial charge < -0.3 is 9.47 Å². The van der Waals surface area contributed by atoms with E-state index < -0.39 is 44.8 Å². The Labute approximate surface area is 168 Å². The minimum atomic E-state index is -4.67. The van der Waals surface area contributed by atoms with E-state index in [0.717, 1.165) is 18.9 Å². The van der Waals surface area contributed by atoms with Crippen LogP contribution in [0.25, 0.3) is 5.76 Å². The predicted octanol–water partition coefficient (Wildman–Crippen LogP) is 4.69. The van der Waals surface area contributed by atoms with Gasteiger partial charge in [0, 0.05) is 7.11 Å². The number of sulfonamides is 1. The lowest BCUT2D eigenvalue weighted by Crippen LogP contribution is -2.34. The molecule has 0 aromatic heterocycles. The monoisotopic (exact) mass is 429 g/mol. The fraction of sp³-hybridized carbons (Fsp3) is 0.300. The zero-order valence-corrected chi connectivity index (χ0v) is 16.9. The number of nitrogens with zero attached hydrogens (tertiary/aromatic N) is 1. The van der Waals surface area contributed by atoms with Crippen LogP contribution in [0.1, 0.15) is 25.3 Å². The Morgan fingerprint density at radius 2 is 1.90 bits per heavy atom. The van der Waals surface area contributed by atoms with Crippen LogP contribution >= 0.6 is 0 Å². The molecule has 0 radical (unpaired) electrons. The molecule has 0 N–H and O–H groups in total. The lowest BCUT2D eigenvalue weighted by molar-refractivity contribution is 0.209. The quantitative estimate of drug-likeness (QED) is 0.312. The molecule has 0 fully saturated rings. The number of halogens is 3. The van der Waals surface area contributed by atoms with E-state index in [4.69, 9.17) is 9.47 Å². The number of anilines is 1. The second-order valence-electron chi connectivity index (χ2n) is 6.11. The Kier molecular flexibility index (Phi) is 7.69. The predicted molar refractivity (Wildman–Crippen MR) is 104 cm³/mol. The van der Waals surface area contributed by atoms with Gasteiger partial charge in [-0.1, -0.05) is 26.0 Å². The van der Waals surface area contributed by atoms with E-state index in [-0.39, 0.29) is 11.3 Å². The van der Waals surface area contributed by atoms with E-state index in [1.54, 1.807) is 0 Å². The summed E-state index contributed by atoms with van der Waals surface area (Å²) in [5.41, 5.74) is -0.456. The molecule has 0 aliphatic heterocycles. The van der Waals surface area contributed by atoms with Gasteiger partial charge in [-0.05, 0) is 36.8 Å². The van der Waals surface area contributed by atoms with E-state index in [1.165, 1.54) is 25.3 Å². The molecule has 158 valence electrons. The van der Waals surface area contributed by atoms with Crippen LogP contribution in [0, 0.1) is 17.5 Å². The van der Waals surface area contributed by atoms with Crippen LogP contribution in [0.3, 0.4) is 0 Å². The minimum absolute atomic E-state index is 0.0319. The summed E-state index contributed by atoms with van der Waals surface area (Å²) in [7, 11) is -3.48. The maximum absolute atomic E-state index is 15.2. The number of rotatable bonds is 10. The van der Waals surface area contributed by atoms with Crippen LogP contribution in [0.15, 0.2) is 47.9 Å². The average molecular weight is 429 g/mol. The summed E-state index contributed by atoms with van der Waals surface area (Å²) in [4.78, 5) is -0.933. The molecule has 9 heteroatoms. The molecular formula is C20H22F3NO4S. The zero-order valence-electron chi connectivity index (χ0n) is 16.1. The van der Waals surface area contributed by atoms with Crippen molar-refractivity contribution in [2.75, 3.05) is 24.8 Å². The van der Waals surface area contributed by atoms with E-state index in [0.29, 0.717) is 23.0 Å². The van der Waals surface area contributed by atoms with Crippen molar-refractivity contribution in [2.24, 2.45) is 0 Å². The third-order valence-electron chi connectivity index (χ3n) is 4.03. The number of unbranched alkanes of at least 4 members (excludes halogenated alkanes) is 1. The topological polar surface area (TPSA) is 55.8 Å². The summed E-state index contributed by atoms with van der Waals surface area (Å²) in [5.74, 6) is -3.03. The zero-order chi connectivity index (χ0) is 21.6. The van der Waals surface area contributed by atoms with Gasteiger partial charge in [-0.15, -0.1) is 0 Å². The van der Waals surface area contributed by atoms with Gasteiger partial charge >= 0.3 is 0 Å². The molecule has 0 amide bonds. The second-order valence-corrected chi connectivity index (χ2v) is 7.94. The first-order valence-corrected chi connectivity index (χ1v) is 10.2. The lowest BCUT2D eigenvalue weighted by atomic mass is 10.1. The van der Waals surface area contributed by atoms with Gasteiger partial charge in [0.2, 0.25) is 0 Å². The van der Waals surface area contributed by atoms with Crippen molar-refractivity contribution in [2.45, 2.75) is 24.7 Å². The summed E-state index contributed by atoms with van der Waals surface area (Å²) < 4.78 is 79.5. The van der Waals surface area contributed by atoms with Gasteiger partial charge in [-0.3, -0.25) is 0 Å². The summed E-state index contributed by atoms with van der Waals surface area (Å²) in [5, 5.41) is 0. The van der Waals surface area contributed by atoms with Gasteiger partial charge in [0.15, 0.2) is 5.82 Å². The molecule has 0 heterocycles. The highest BCUT2D eigenvalue weighted by Crippen LogP contribution is 2.31. The van der Waals surface area contributed by atoms with Crippen molar-refractivity contribution < 1.29 is 31.1 Å².